The van der Waals surface area contributed by atoms with E-state index < -0.39 is 0 Å². The SMILES string of the molecule is CCC1C(c2cccc3sc4ccccc4c23)=NC(c2cccc3sc4ccccc4c23)C(C)=CC1c1cc(C2CCc3cc4ccccc4cc3-c3ccccc32)c2sc3cc4ccccc4cc3c2c1. The van der Waals surface area contributed by atoms with Gasteiger partial charge >= 0.3 is 0 Å². The van der Waals surface area contributed by atoms with Gasteiger partial charge in [0.15, 0.2) is 0 Å². The Kier molecular flexibility index (Phi) is 9.84. The van der Waals surface area contributed by atoms with Crippen LogP contribution >= 0.6 is 34.0 Å². The summed E-state index contributed by atoms with van der Waals surface area (Å²) in [4.78, 5) is 6.19. The average molecular weight is 976 g/mol. The van der Waals surface area contributed by atoms with Crippen LogP contribution in [0.5, 0.6) is 0 Å². The summed E-state index contributed by atoms with van der Waals surface area (Å²) < 4.78 is 8.06. The summed E-state index contributed by atoms with van der Waals surface area (Å²) in [5.41, 5.74) is 13.6. The molecule has 0 fully saturated rings. The van der Waals surface area contributed by atoms with E-state index in [0.717, 1.165) is 19.3 Å². The first-order valence-electron chi connectivity index (χ1n) is 25.6. The Morgan fingerprint density at radius 1 is 0.472 bits per heavy atom. The van der Waals surface area contributed by atoms with E-state index in [9.17, 15) is 0 Å². The van der Waals surface area contributed by atoms with Crippen LogP contribution in [0.25, 0.3) is 93.2 Å². The molecular formula is C68H49NS3. The van der Waals surface area contributed by atoms with Gasteiger partial charge in [-0.3, -0.25) is 4.99 Å². The predicted molar refractivity (Wildman–Crippen MR) is 315 cm³/mol. The maximum Gasteiger partial charge on any atom is 0.0967 e. The lowest BCUT2D eigenvalue weighted by atomic mass is 9.76. The van der Waals surface area contributed by atoms with Crippen LogP contribution in [0.3, 0.4) is 0 Å². The molecule has 4 atom stereocenters. The maximum atomic E-state index is 6.19. The molecule has 4 heteroatoms. The van der Waals surface area contributed by atoms with Gasteiger partial charge < -0.3 is 0 Å². The Balaban J connectivity index is 1.00. The van der Waals surface area contributed by atoms with Crippen molar-refractivity contribution < 1.29 is 0 Å². The Bertz CT molecular complexity index is 4440. The second-order valence-corrected chi connectivity index (χ2v) is 23.5. The van der Waals surface area contributed by atoms with Crippen molar-refractivity contribution in [2.75, 3.05) is 0 Å². The molecule has 4 heterocycles. The quantitative estimate of drug-likeness (QED) is 0.152. The third kappa shape index (κ3) is 6.59. The summed E-state index contributed by atoms with van der Waals surface area (Å²) in [7, 11) is 0. The number of aliphatic imine (C=N–C) groups is 1. The van der Waals surface area contributed by atoms with Crippen molar-refractivity contribution in [3.8, 4) is 11.1 Å². The lowest BCUT2D eigenvalue weighted by Gasteiger charge is -2.28. The van der Waals surface area contributed by atoms with Crippen LogP contribution in [0.15, 0.2) is 211 Å². The zero-order chi connectivity index (χ0) is 47.6. The number of nitrogens with zero attached hydrogens (tertiary/aromatic N) is 1. The highest BCUT2D eigenvalue weighted by Gasteiger charge is 2.35. The van der Waals surface area contributed by atoms with Crippen molar-refractivity contribution in [3.05, 3.63) is 239 Å². The van der Waals surface area contributed by atoms with Crippen molar-refractivity contribution >= 4 is 122 Å². The van der Waals surface area contributed by atoms with E-state index in [1.807, 2.05) is 34.0 Å². The van der Waals surface area contributed by atoms with E-state index in [0.29, 0.717) is 0 Å². The normalized spacial score (nSPS) is 18.2. The first-order chi connectivity index (χ1) is 35.5. The molecule has 1 aliphatic heterocycles. The molecule has 0 amide bonds. The Labute approximate surface area is 431 Å². The Hall–Kier alpha value is -7.21. The van der Waals surface area contributed by atoms with Crippen molar-refractivity contribution in [2.24, 2.45) is 10.9 Å². The zero-order valence-corrected chi connectivity index (χ0v) is 42.6. The monoisotopic (exact) mass is 975 g/mol. The third-order valence-corrected chi connectivity index (χ3v) is 19.8. The first-order valence-corrected chi connectivity index (χ1v) is 28.1. The fourth-order valence-corrected chi connectivity index (χ4v) is 16.6. The number of benzene rings is 10. The smallest absolute Gasteiger partial charge is 0.0967 e. The van der Waals surface area contributed by atoms with Crippen molar-refractivity contribution in [1.29, 1.82) is 0 Å². The summed E-state index contributed by atoms with van der Waals surface area (Å²) >= 11 is 5.79. The Morgan fingerprint density at radius 3 is 1.86 bits per heavy atom. The van der Waals surface area contributed by atoms with E-state index >= 15 is 0 Å². The molecule has 0 radical (unpaired) electrons. The summed E-state index contributed by atoms with van der Waals surface area (Å²) in [6, 6.07) is 74.0. The van der Waals surface area contributed by atoms with Crippen LogP contribution in [0.1, 0.15) is 77.9 Å². The zero-order valence-electron chi connectivity index (χ0n) is 40.2. The summed E-state index contributed by atoms with van der Waals surface area (Å²) in [5.74, 6) is 0.384. The summed E-state index contributed by atoms with van der Waals surface area (Å²) in [6.45, 7) is 4.78. The molecule has 13 aromatic rings. The molecule has 10 aromatic carbocycles. The van der Waals surface area contributed by atoms with E-state index in [1.165, 1.54) is 138 Å². The molecule has 344 valence electrons. The molecule has 3 aromatic heterocycles. The molecule has 1 aliphatic carbocycles. The lowest BCUT2D eigenvalue weighted by molar-refractivity contribution is 0.599. The van der Waals surface area contributed by atoms with Gasteiger partial charge in [-0.2, -0.15) is 0 Å². The minimum Gasteiger partial charge on any atom is -0.276 e. The number of aryl methyl sites for hydroxylation is 1. The highest BCUT2D eigenvalue weighted by molar-refractivity contribution is 7.26. The van der Waals surface area contributed by atoms with Gasteiger partial charge in [0.1, 0.15) is 0 Å². The molecule has 1 nitrogen and oxygen atoms in total. The van der Waals surface area contributed by atoms with Gasteiger partial charge in [-0.15, -0.1) is 34.0 Å². The van der Waals surface area contributed by atoms with Gasteiger partial charge in [-0.1, -0.05) is 159 Å². The van der Waals surface area contributed by atoms with Gasteiger partial charge in [0, 0.05) is 89.5 Å². The van der Waals surface area contributed by atoms with Gasteiger partial charge in [0.25, 0.3) is 0 Å². The number of thiophene rings is 3. The average Bonchev–Trinajstić information content (AvgIpc) is 4.05. The van der Waals surface area contributed by atoms with Crippen LogP contribution in [0, 0.1) is 5.92 Å². The van der Waals surface area contributed by atoms with Crippen LogP contribution in [0.2, 0.25) is 0 Å². The molecule has 2 aliphatic rings. The van der Waals surface area contributed by atoms with E-state index in [-0.39, 0.29) is 23.8 Å². The number of rotatable bonds is 5. The van der Waals surface area contributed by atoms with Gasteiger partial charge in [0.2, 0.25) is 0 Å². The molecule has 72 heavy (non-hydrogen) atoms. The van der Waals surface area contributed by atoms with E-state index in [4.69, 9.17) is 4.99 Å². The van der Waals surface area contributed by atoms with Crippen molar-refractivity contribution in [1.82, 2.24) is 0 Å². The fourth-order valence-electron chi connectivity index (χ4n) is 13.0. The second kappa shape index (κ2) is 16.7. The van der Waals surface area contributed by atoms with Gasteiger partial charge in [-0.25, -0.2) is 0 Å². The number of fused-ring (bicyclic) bond motifs is 14. The predicted octanol–water partition coefficient (Wildman–Crippen LogP) is 20.1. The van der Waals surface area contributed by atoms with Crippen molar-refractivity contribution in [3.63, 3.8) is 0 Å². The summed E-state index contributed by atoms with van der Waals surface area (Å²) in [6.07, 6.45) is 5.65. The molecule has 15 rings (SSSR count). The van der Waals surface area contributed by atoms with Crippen LogP contribution in [0.4, 0.5) is 0 Å². The summed E-state index contributed by atoms with van der Waals surface area (Å²) in [5, 5.41) is 13.3. The first kappa shape index (κ1) is 42.5. The topological polar surface area (TPSA) is 12.4 Å². The van der Waals surface area contributed by atoms with Crippen LogP contribution < -0.4 is 0 Å². The minimum absolute atomic E-state index is 0.0689. The number of allylic oxidation sites excluding steroid dienone is 1. The second-order valence-electron chi connectivity index (χ2n) is 20.3. The van der Waals surface area contributed by atoms with Crippen molar-refractivity contribution in [2.45, 2.75) is 51.0 Å². The van der Waals surface area contributed by atoms with Crippen LogP contribution in [-0.4, -0.2) is 5.71 Å². The Morgan fingerprint density at radius 2 is 1.08 bits per heavy atom. The number of hydrogen-bond acceptors (Lipinski definition) is 4. The largest absolute Gasteiger partial charge is 0.276 e. The highest BCUT2D eigenvalue weighted by atomic mass is 32.1. The van der Waals surface area contributed by atoms with Gasteiger partial charge in [-0.05, 0) is 141 Å². The molecule has 0 saturated carbocycles. The van der Waals surface area contributed by atoms with Gasteiger partial charge in [0.05, 0.1) is 6.04 Å². The molecule has 0 bridgehead atoms. The number of hydrogen-bond donors (Lipinski definition) is 0. The molecular weight excluding hydrogens is 927 g/mol. The van der Waals surface area contributed by atoms with E-state index in [2.05, 4.69) is 214 Å². The van der Waals surface area contributed by atoms with Crippen LogP contribution in [-0.2, 0) is 6.42 Å². The maximum absolute atomic E-state index is 6.19. The standard InChI is InChI=1S/C68H49NS3/c1-3-46-54(32-39(2)66(52-24-14-28-61-64(52)50-22-10-12-26-59(50)70-61)69-67(46)53-25-15-29-62-65(53)51-23-11-13-27-60(51)71-62)45-36-57(68-58(37-45)56-35-42-18-6-7-19-43(42)38-63(56)72-68)49-31-30-44-33-40-16-4-5-17-41(40)34-55(44)48-21-9-8-20-47(48)49/h4-29,32-38,46,49,54,66H,3,30-31H2,1-2H3. The van der Waals surface area contributed by atoms with E-state index in [1.54, 1.807) is 0 Å². The molecule has 0 saturated heterocycles. The molecule has 4 unspecified atom stereocenters. The highest BCUT2D eigenvalue weighted by Crippen LogP contribution is 2.52. The molecule has 0 N–H and O–H groups in total. The lowest BCUT2D eigenvalue weighted by Crippen LogP contribution is -2.22. The minimum atomic E-state index is -0.153. The fraction of sp³-hybridized carbons (Fsp3) is 0.132. The third-order valence-electron chi connectivity index (χ3n) is 16.3. The molecule has 0 spiro atoms.